The first-order chi connectivity index (χ1) is 10.2. The molecule has 1 aromatic rings. The summed E-state index contributed by atoms with van der Waals surface area (Å²) in [6.45, 7) is 8.75. The first-order valence-corrected chi connectivity index (χ1v) is 8.02. The Morgan fingerprint density at radius 1 is 1.29 bits per heavy atom. The van der Waals surface area contributed by atoms with Crippen molar-refractivity contribution in [3.05, 3.63) is 29.8 Å². The molecule has 1 amide bonds. The van der Waals surface area contributed by atoms with Gasteiger partial charge in [-0.3, -0.25) is 9.69 Å². The van der Waals surface area contributed by atoms with E-state index < -0.39 is 0 Å². The van der Waals surface area contributed by atoms with E-state index in [1.54, 1.807) is 0 Å². The summed E-state index contributed by atoms with van der Waals surface area (Å²) >= 11 is 0. The van der Waals surface area contributed by atoms with Crippen LogP contribution in [0.1, 0.15) is 32.3 Å². The van der Waals surface area contributed by atoms with Crippen LogP contribution in [0, 0.1) is 0 Å². The molecule has 0 radical (unpaired) electrons. The number of nitrogens with one attached hydrogen (secondary N) is 2. The summed E-state index contributed by atoms with van der Waals surface area (Å²) in [4.78, 5) is 14.1. The Morgan fingerprint density at radius 3 is 2.57 bits per heavy atom. The maximum atomic E-state index is 11.6. The second-order valence-corrected chi connectivity index (χ2v) is 5.83. The van der Waals surface area contributed by atoms with E-state index in [0.29, 0.717) is 12.5 Å². The summed E-state index contributed by atoms with van der Waals surface area (Å²) in [5, 5.41) is 6.32. The molecule has 4 heteroatoms. The summed E-state index contributed by atoms with van der Waals surface area (Å²) in [6, 6.07) is 8.83. The Kier molecular flexibility index (Phi) is 6.21. The first kappa shape index (κ1) is 16.0. The Balaban J connectivity index is 1.85. The number of benzene rings is 1. The van der Waals surface area contributed by atoms with E-state index in [1.165, 1.54) is 5.56 Å². The van der Waals surface area contributed by atoms with Gasteiger partial charge in [-0.15, -0.1) is 0 Å². The van der Waals surface area contributed by atoms with Crippen LogP contribution in [0.4, 0.5) is 5.69 Å². The summed E-state index contributed by atoms with van der Waals surface area (Å²) in [7, 11) is 0. The predicted molar refractivity (Wildman–Crippen MR) is 87.6 cm³/mol. The summed E-state index contributed by atoms with van der Waals surface area (Å²) in [5.41, 5.74) is 2.22. The van der Waals surface area contributed by atoms with Crippen molar-refractivity contribution in [1.29, 1.82) is 0 Å². The van der Waals surface area contributed by atoms with E-state index in [-0.39, 0.29) is 5.91 Å². The Bertz CT molecular complexity index is 438. The highest BCUT2D eigenvalue weighted by Gasteiger charge is 2.16. The number of nitrogens with zero attached hydrogens (tertiary/aromatic N) is 1. The van der Waals surface area contributed by atoms with Gasteiger partial charge in [0.1, 0.15) is 0 Å². The number of anilines is 1. The molecule has 2 N–H and O–H groups in total. The summed E-state index contributed by atoms with van der Waals surface area (Å²) < 4.78 is 0. The molecule has 1 unspecified atom stereocenters. The van der Waals surface area contributed by atoms with Crippen LogP contribution < -0.4 is 10.6 Å². The molecule has 2 rings (SSSR count). The summed E-state index contributed by atoms with van der Waals surface area (Å²) in [5.74, 6) is 0.0967. The normalized spacial score (nSPS) is 17.4. The topological polar surface area (TPSA) is 44.4 Å². The van der Waals surface area contributed by atoms with E-state index in [1.807, 2.05) is 19.1 Å². The average Bonchev–Trinajstić information content (AvgIpc) is 2.50. The molecule has 21 heavy (non-hydrogen) atoms. The maximum Gasteiger partial charge on any atom is 0.224 e. The van der Waals surface area contributed by atoms with Crippen LogP contribution >= 0.6 is 0 Å². The molecule has 0 bridgehead atoms. The molecule has 1 fully saturated rings. The fourth-order valence-corrected chi connectivity index (χ4v) is 2.77. The van der Waals surface area contributed by atoms with Gasteiger partial charge >= 0.3 is 0 Å². The molecule has 1 aliphatic heterocycles. The molecule has 0 spiro atoms. The molecule has 1 atom stereocenters. The van der Waals surface area contributed by atoms with Gasteiger partial charge in [-0.2, -0.15) is 0 Å². The van der Waals surface area contributed by atoms with Gasteiger partial charge in [0.2, 0.25) is 5.91 Å². The second-order valence-electron chi connectivity index (χ2n) is 5.83. The van der Waals surface area contributed by atoms with Gasteiger partial charge in [-0.25, -0.2) is 0 Å². The fraction of sp³-hybridized carbons (Fsp3) is 0.588. The highest BCUT2D eigenvalue weighted by atomic mass is 16.1. The number of carbonyl (C=O) groups is 1. The Morgan fingerprint density at radius 2 is 1.95 bits per heavy atom. The van der Waals surface area contributed by atoms with E-state index in [2.05, 4.69) is 34.6 Å². The van der Waals surface area contributed by atoms with Crippen molar-refractivity contribution in [2.24, 2.45) is 0 Å². The van der Waals surface area contributed by atoms with Crippen molar-refractivity contribution < 1.29 is 4.79 Å². The van der Waals surface area contributed by atoms with E-state index in [9.17, 15) is 4.79 Å². The molecule has 116 valence electrons. The molecule has 0 aliphatic carbocycles. The predicted octanol–water partition coefficient (Wildman–Crippen LogP) is 2.26. The largest absolute Gasteiger partial charge is 0.326 e. The summed E-state index contributed by atoms with van der Waals surface area (Å²) in [6.07, 6.45) is 2.52. The third-order valence-corrected chi connectivity index (χ3v) is 4.02. The maximum absolute atomic E-state index is 11.6. The molecule has 1 aromatic carbocycles. The highest BCUT2D eigenvalue weighted by molar-refractivity contribution is 5.90. The minimum atomic E-state index is 0.0967. The zero-order valence-electron chi connectivity index (χ0n) is 13.2. The molecule has 1 heterocycles. The minimum Gasteiger partial charge on any atom is -0.326 e. The molecular formula is C17H27N3O. The Labute approximate surface area is 127 Å². The molecule has 1 saturated heterocycles. The van der Waals surface area contributed by atoms with E-state index >= 15 is 0 Å². The zero-order chi connectivity index (χ0) is 15.1. The van der Waals surface area contributed by atoms with Gasteiger partial charge in [-0.05, 0) is 37.5 Å². The van der Waals surface area contributed by atoms with Crippen LogP contribution in [0.25, 0.3) is 0 Å². The zero-order valence-corrected chi connectivity index (χ0v) is 13.2. The van der Waals surface area contributed by atoms with Crippen LogP contribution in [-0.4, -0.2) is 43.0 Å². The third kappa shape index (κ3) is 5.14. The van der Waals surface area contributed by atoms with Crippen molar-refractivity contribution in [3.8, 4) is 0 Å². The van der Waals surface area contributed by atoms with Crippen molar-refractivity contribution in [1.82, 2.24) is 10.2 Å². The molecule has 0 saturated carbocycles. The van der Waals surface area contributed by atoms with Gasteiger partial charge in [-0.1, -0.05) is 19.1 Å². The smallest absolute Gasteiger partial charge is 0.224 e. The van der Waals surface area contributed by atoms with Gasteiger partial charge in [0, 0.05) is 44.3 Å². The van der Waals surface area contributed by atoms with Crippen LogP contribution in [0.15, 0.2) is 24.3 Å². The SMILES string of the molecule is CCCC(=O)Nc1ccc(CC(C)N2CCNCC2)cc1. The highest BCUT2D eigenvalue weighted by Crippen LogP contribution is 2.14. The van der Waals surface area contributed by atoms with Gasteiger partial charge in [0.15, 0.2) is 0 Å². The lowest BCUT2D eigenvalue weighted by Crippen LogP contribution is -2.48. The standard InChI is InChI=1S/C17H27N3O/c1-3-4-17(21)19-16-7-5-15(6-8-16)13-14(2)20-11-9-18-10-12-20/h5-8,14,18H,3-4,9-13H2,1-2H3,(H,19,21). The minimum absolute atomic E-state index is 0.0967. The quantitative estimate of drug-likeness (QED) is 0.844. The number of amides is 1. The number of carbonyl (C=O) groups excluding carboxylic acids is 1. The number of piperazine rings is 1. The average molecular weight is 289 g/mol. The van der Waals surface area contributed by atoms with Gasteiger partial charge in [0.05, 0.1) is 0 Å². The van der Waals surface area contributed by atoms with E-state index in [0.717, 1.165) is 44.7 Å². The van der Waals surface area contributed by atoms with E-state index in [4.69, 9.17) is 0 Å². The van der Waals surface area contributed by atoms with Crippen molar-refractivity contribution in [3.63, 3.8) is 0 Å². The third-order valence-electron chi connectivity index (χ3n) is 4.02. The monoisotopic (exact) mass is 289 g/mol. The molecule has 0 aromatic heterocycles. The van der Waals surface area contributed by atoms with Crippen molar-refractivity contribution >= 4 is 11.6 Å². The lowest BCUT2D eigenvalue weighted by atomic mass is 10.0. The van der Waals surface area contributed by atoms with Gasteiger partial charge in [0.25, 0.3) is 0 Å². The van der Waals surface area contributed by atoms with Crippen LogP contribution in [0.5, 0.6) is 0 Å². The number of hydrogen-bond donors (Lipinski definition) is 2. The number of rotatable bonds is 6. The van der Waals surface area contributed by atoms with Crippen LogP contribution in [0.3, 0.4) is 0 Å². The molecule has 4 nitrogen and oxygen atoms in total. The lowest BCUT2D eigenvalue weighted by Gasteiger charge is -2.32. The second kappa shape index (κ2) is 8.15. The van der Waals surface area contributed by atoms with Crippen molar-refractivity contribution in [2.75, 3.05) is 31.5 Å². The van der Waals surface area contributed by atoms with Gasteiger partial charge < -0.3 is 10.6 Å². The first-order valence-electron chi connectivity index (χ1n) is 8.02. The van der Waals surface area contributed by atoms with Crippen LogP contribution in [-0.2, 0) is 11.2 Å². The fourth-order valence-electron chi connectivity index (χ4n) is 2.77. The lowest BCUT2D eigenvalue weighted by molar-refractivity contribution is -0.116. The molecule has 1 aliphatic rings. The Hall–Kier alpha value is -1.39. The van der Waals surface area contributed by atoms with Crippen LogP contribution in [0.2, 0.25) is 0 Å². The van der Waals surface area contributed by atoms with Crippen molar-refractivity contribution in [2.45, 2.75) is 39.2 Å². The number of hydrogen-bond acceptors (Lipinski definition) is 3. The molecular weight excluding hydrogens is 262 g/mol.